The molecule has 196 valence electrons. The van der Waals surface area contributed by atoms with E-state index in [0.717, 1.165) is 11.3 Å². The van der Waals surface area contributed by atoms with Gasteiger partial charge in [0, 0.05) is 36.4 Å². The van der Waals surface area contributed by atoms with Gasteiger partial charge in [-0.15, -0.1) is 0 Å². The Labute approximate surface area is 226 Å². The predicted molar refractivity (Wildman–Crippen MR) is 141 cm³/mol. The third-order valence-corrected chi connectivity index (χ3v) is 7.57. The molecule has 0 saturated heterocycles. The summed E-state index contributed by atoms with van der Waals surface area (Å²) in [7, 11) is 4.69. The van der Waals surface area contributed by atoms with Crippen molar-refractivity contribution in [3.05, 3.63) is 80.1 Å². The number of halogens is 2. The van der Waals surface area contributed by atoms with Crippen molar-refractivity contribution in [2.24, 2.45) is 0 Å². The van der Waals surface area contributed by atoms with Crippen molar-refractivity contribution in [1.82, 2.24) is 5.32 Å². The Kier molecular flexibility index (Phi) is 8.47. The number of rotatable bonds is 8. The monoisotopic (exact) mass is 545 g/mol. The number of hydrogen-bond acceptors (Lipinski definition) is 7. The summed E-state index contributed by atoms with van der Waals surface area (Å²) in [5, 5.41) is 3.97. The number of ether oxygens (including phenoxy) is 4. The molecule has 2 atom stereocenters. The molecule has 1 aliphatic heterocycles. The number of esters is 1. The molecule has 0 radical (unpaired) electrons. The lowest BCUT2D eigenvalue weighted by Crippen LogP contribution is -2.36. The van der Waals surface area contributed by atoms with Crippen LogP contribution in [0.2, 0.25) is 10.0 Å². The van der Waals surface area contributed by atoms with E-state index in [-0.39, 0.29) is 31.3 Å². The molecule has 0 saturated carbocycles. The highest BCUT2D eigenvalue weighted by atomic mass is 35.5. The van der Waals surface area contributed by atoms with Gasteiger partial charge in [-0.25, -0.2) is 4.79 Å². The minimum Gasteiger partial charge on any atom is -0.493 e. The first-order valence-corrected chi connectivity index (χ1v) is 12.6. The smallest absolute Gasteiger partial charge is 0.336 e. The van der Waals surface area contributed by atoms with Crippen LogP contribution < -0.4 is 14.8 Å². The standard InChI is InChI=1S/C28H29Cl2NO6/c1-15-24(28(33)37-11-10-34-2)25(18-6-5-7-19(29)27(18)30)26-20(31-15)12-17(13-21(26)32)16-8-9-22(35-3)23(14-16)36-4/h5-9,14,17,25,31H,10-13H2,1-4H3/t17-,25+/m0/s1. The number of benzene rings is 2. The molecule has 0 fully saturated rings. The lowest BCUT2D eigenvalue weighted by Gasteiger charge is -2.37. The Bertz CT molecular complexity index is 1290. The number of hydrogen-bond donors (Lipinski definition) is 1. The molecule has 1 N–H and O–H groups in total. The average Bonchev–Trinajstić information content (AvgIpc) is 2.89. The molecule has 2 aromatic carbocycles. The molecule has 0 spiro atoms. The molecule has 2 aromatic rings. The predicted octanol–water partition coefficient (Wildman–Crippen LogP) is 5.56. The molecule has 7 nitrogen and oxygen atoms in total. The van der Waals surface area contributed by atoms with E-state index in [0.29, 0.717) is 50.4 Å². The summed E-state index contributed by atoms with van der Waals surface area (Å²) in [6.45, 7) is 2.14. The van der Waals surface area contributed by atoms with Gasteiger partial charge in [0.1, 0.15) is 6.61 Å². The molecule has 0 bridgehead atoms. The fourth-order valence-electron chi connectivity index (χ4n) is 5.00. The van der Waals surface area contributed by atoms with Gasteiger partial charge in [0.05, 0.1) is 36.4 Å². The number of nitrogens with one attached hydrogen (secondary N) is 1. The van der Waals surface area contributed by atoms with Crippen LogP contribution in [0.5, 0.6) is 11.5 Å². The maximum absolute atomic E-state index is 13.8. The second kappa shape index (κ2) is 11.6. The lowest BCUT2D eigenvalue weighted by atomic mass is 9.71. The van der Waals surface area contributed by atoms with Gasteiger partial charge < -0.3 is 24.3 Å². The zero-order valence-electron chi connectivity index (χ0n) is 21.2. The van der Waals surface area contributed by atoms with Crippen molar-refractivity contribution >= 4 is 35.0 Å². The maximum atomic E-state index is 13.8. The van der Waals surface area contributed by atoms with Crippen LogP contribution in [0.3, 0.4) is 0 Å². The summed E-state index contributed by atoms with van der Waals surface area (Å²) in [6.07, 6.45) is 0.824. The van der Waals surface area contributed by atoms with Crippen molar-refractivity contribution in [1.29, 1.82) is 0 Å². The van der Waals surface area contributed by atoms with Crippen molar-refractivity contribution in [3.8, 4) is 11.5 Å². The quantitative estimate of drug-likeness (QED) is 0.343. The molecule has 1 heterocycles. The SMILES string of the molecule is COCCOC(=O)C1=C(C)NC2=C(C(=O)C[C@@H](c3ccc(OC)c(OC)c3)C2)[C@@H]1c1cccc(Cl)c1Cl. The van der Waals surface area contributed by atoms with Gasteiger partial charge in [-0.3, -0.25) is 4.79 Å². The van der Waals surface area contributed by atoms with Crippen molar-refractivity contribution in [3.63, 3.8) is 0 Å². The van der Waals surface area contributed by atoms with Crippen LogP contribution in [0.15, 0.2) is 58.9 Å². The summed E-state index contributed by atoms with van der Waals surface area (Å²) >= 11 is 13.0. The Morgan fingerprint density at radius 2 is 1.78 bits per heavy atom. The van der Waals surface area contributed by atoms with E-state index in [1.807, 2.05) is 18.2 Å². The number of carbonyl (C=O) groups excluding carboxylic acids is 2. The summed E-state index contributed by atoms with van der Waals surface area (Å²) in [6, 6.07) is 10.9. The van der Waals surface area contributed by atoms with E-state index in [9.17, 15) is 9.59 Å². The molecular formula is C28H29Cl2NO6. The van der Waals surface area contributed by atoms with E-state index in [1.165, 1.54) is 7.11 Å². The molecule has 37 heavy (non-hydrogen) atoms. The molecule has 0 aromatic heterocycles. The van der Waals surface area contributed by atoms with Crippen LogP contribution in [-0.4, -0.2) is 46.3 Å². The average molecular weight is 546 g/mol. The molecule has 0 amide bonds. The Morgan fingerprint density at radius 3 is 2.49 bits per heavy atom. The van der Waals surface area contributed by atoms with Crippen LogP contribution in [-0.2, 0) is 19.1 Å². The Balaban J connectivity index is 1.77. The van der Waals surface area contributed by atoms with Gasteiger partial charge in [-0.2, -0.15) is 0 Å². The topological polar surface area (TPSA) is 83.1 Å². The molecule has 2 aliphatic rings. The van der Waals surface area contributed by atoms with E-state index in [1.54, 1.807) is 39.3 Å². The van der Waals surface area contributed by atoms with E-state index >= 15 is 0 Å². The van der Waals surface area contributed by atoms with Crippen LogP contribution in [0.25, 0.3) is 0 Å². The van der Waals surface area contributed by atoms with Gasteiger partial charge in [-0.05, 0) is 48.6 Å². The van der Waals surface area contributed by atoms with E-state index in [4.69, 9.17) is 42.1 Å². The molecule has 4 rings (SSSR count). The van der Waals surface area contributed by atoms with Crippen LogP contribution in [0.4, 0.5) is 0 Å². The first-order chi connectivity index (χ1) is 17.8. The van der Waals surface area contributed by atoms with Crippen molar-refractivity contribution < 1.29 is 28.5 Å². The molecule has 0 unspecified atom stereocenters. The molecule has 1 aliphatic carbocycles. The molecule has 9 heteroatoms. The van der Waals surface area contributed by atoms with Crippen LogP contribution in [0.1, 0.15) is 42.7 Å². The van der Waals surface area contributed by atoms with Crippen LogP contribution in [0, 0.1) is 0 Å². The van der Waals surface area contributed by atoms with Crippen molar-refractivity contribution in [2.75, 3.05) is 34.5 Å². The second-order valence-corrected chi connectivity index (χ2v) is 9.69. The third-order valence-electron chi connectivity index (χ3n) is 6.74. The first-order valence-electron chi connectivity index (χ1n) is 11.9. The minimum absolute atomic E-state index is 0.0794. The van der Waals surface area contributed by atoms with Gasteiger partial charge >= 0.3 is 5.97 Å². The second-order valence-electron chi connectivity index (χ2n) is 8.90. The van der Waals surface area contributed by atoms with Gasteiger partial charge in [-0.1, -0.05) is 41.4 Å². The highest BCUT2D eigenvalue weighted by Crippen LogP contribution is 2.48. The van der Waals surface area contributed by atoms with Crippen LogP contribution >= 0.6 is 23.2 Å². The number of dihydropyridines is 1. The fourth-order valence-corrected chi connectivity index (χ4v) is 5.42. The summed E-state index contributed by atoms with van der Waals surface area (Å²) in [4.78, 5) is 27.0. The highest BCUT2D eigenvalue weighted by molar-refractivity contribution is 6.42. The zero-order chi connectivity index (χ0) is 26.7. The number of carbonyl (C=O) groups is 2. The highest BCUT2D eigenvalue weighted by Gasteiger charge is 2.42. The Hall–Kier alpha value is -3.00. The van der Waals surface area contributed by atoms with E-state index < -0.39 is 11.9 Å². The normalized spacial score (nSPS) is 19.4. The van der Waals surface area contributed by atoms with Crippen molar-refractivity contribution in [2.45, 2.75) is 31.6 Å². The van der Waals surface area contributed by atoms with Gasteiger partial charge in [0.25, 0.3) is 0 Å². The lowest BCUT2D eigenvalue weighted by molar-refractivity contribution is -0.140. The maximum Gasteiger partial charge on any atom is 0.336 e. The number of allylic oxidation sites excluding steroid dienone is 3. The fraction of sp³-hybridized carbons (Fsp3) is 0.357. The zero-order valence-corrected chi connectivity index (χ0v) is 22.7. The minimum atomic E-state index is -0.712. The summed E-state index contributed by atoms with van der Waals surface area (Å²) < 4.78 is 21.3. The third kappa shape index (κ3) is 5.35. The Morgan fingerprint density at radius 1 is 1.03 bits per heavy atom. The van der Waals surface area contributed by atoms with Gasteiger partial charge in [0.2, 0.25) is 0 Å². The molecular weight excluding hydrogens is 517 g/mol. The summed E-state index contributed by atoms with van der Waals surface area (Å²) in [5.74, 6) is -0.193. The number of methoxy groups -OCH3 is 3. The number of Topliss-reactive ketones (excluding diaryl/α,β-unsaturated/α-hetero) is 1. The summed E-state index contributed by atoms with van der Waals surface area (Å²) in [5.41, 5.74) is 3.73. The number of ketones is 1. The largest absolute Gasteiger partial charge is 0.493 e. The van der Waals surface area contributed by atoms with E-state index in [2.05, 4.69) is 5.32 Å². The van der Waals surface area contributed by atoms with Gasteiger partial charge in [0.15, 0.2) is 17.3 Å². The first kappa shape index (κ1) is 27.0.